The Morgan fingerprint density at radius 1 is 1.30 bits per heavy atom. The van der Waals surface area contributed by atoms with Gasteiger partial charge in [-0.1, -0.05) is 58.0 Å². The van der Waals surface area contributed by atoms with Gasteiger partial charge in [0.2, 0.25) is 0 Å². The number of hydrogen-bond donors (Lipinski definition) is 1. The number of rotatable bonds is 6. The molecule has 0 aliphatic rings. The molecule has 0 saturated carbocycles. The first-order valence-corrected chi connectivity index (χ1v) is 8.13. The van der Waals surface area contributed by atoms with Crippen molar-refractivity contribution in [1.82, 2.24) is 0 Å². The monoisotopic (exact) mass is 313 g/mol. The third-order valence-electron chi connectivity index (χ3n) is 3.79. The van der Waals surface area contributed by atoms with E-state index in [9.17, 15) is 0 Å². The van der Waals surface area contributed by atoms with Crippen LogP contribution < -0.4 is 5.73 Å². The molecular formula is C20H27NO2. The molecule has 1 atom stereocenters. The molecule has 0 amide bonds. The predicted octanol–water partition coefficient (Wildman–Crippen LogP) is 5.17. The fourth-order valence-electron chi connectivity index (χ4n) is 2.14. The SMILES string of the molecule is CCC(/C=C\C=C(/N)C(C)(C)C)OCc1cc2ccccc2o1. The summed E-state index contributed by atoms with van der Waals surface area (Å²) in [6, 6.07) is 10.0. The van der Waals surface area contributed by atoms with Crippen LogP contribution in [0.1, 0.15) is 39.9 Å². The Labute approximate surface area is 138 Å². The molecule has 0 bridgehead atoms. The standard InChI is InChI=1S/C20H27NO2/c1-5-16(10-8-12-19(21)20(2,3)4)22-14-17-13-15-9-6-7-11-18(15)23-17/h6-13,16H,5,14,21H2,1-4H3/b10-8-,19-12-. The van der Waals surface area contributed by atoms with Gasteiger partial charge in [-0.25, -0.2) is 0 Å². The Balaban J connectivity index is 1.94. The summed E-state index contributed by atoms with van der Waals surface area (Å²) in [6.07, 6.45) is 6.93. The fraction of sp³-hybridized carbons (Fsp3) is 0.400. The minimum atomic E-state index is -0.0127. The van der Waals surface area contributed by atoms with Gasteiger partial charge in [0, 0.05) is 16.5 Å². The average Bonchev–Trinajstić information content (AvgIpc) is 2.92. The van der Waals surface area contributed by atoms with Crippen molar-refractivity contribution in [2.24, 2.45) is 11.1 Å². The van der Waals surface area contributed by atoms with Gasteiger partial charge in [-0.15, -0.1) is 0 Å². The van der Waals surface area contributed by atoms with Crippen LogP contribution in [0.15, 0.2) is 58.7 Å². The van der Waals surface area contributed by atoms with E-state index < -0.39 is 0 Å². The summed E-state index contributed by atoms with van der Waals surface area (Å²) in [4.78, 5) is 0. The number of fused-ring (bicyclic) bond motifs is 1. The van der Waals surface area contributed by atoms with Gasteiger partial charge >= 0.3 is 0 Å². The molecule has 1 unspecified atom stereocenters. The number of para-hydroxylation sites is 1. The van der Waals surface area contributed by atoms with Crippen LogP contribution in [0.25, 0.3) is 11.0 Å². The van der Waals surface area contributed by atoms with Gasteiger partial charge in [-0.05, 0) is 24.6 Å². The van der Waals surface area contributed by atoms with E-state index in [0.29, 0.717) is 6.61 Å². The van der Waals surface area contributed by atoms with E-state index in [0.717, 1.165) is 28.8 Å². The highest BCUT2D eigenvalue weighted by atomic mass is 16.5. The van der Waals surface area contributed by atoms with E-state index in [2.05, 4.69) is 27.7 Å². The Morgan fingerprint density at radius 2 is 2.04 bits per heavy atom. The van der Waals surface area contributed by atoms with Crippen LogP contribution in [0, 0.1) is 5.41 Å². The number of nitrogens with two attached hydrogens (primary N) is 1. The van der Waals surface area contributed by atoms with E-state index in [1.807, 2.05) is 48.6 Å². The van der Waals surface area contributed by atoms with Gasteiger partial charge in [-0.2, -0.15) is 0 Å². The average molecular weight is 313 g/mol. The van der Waals surface area contributed by atoms with E-state index in [-0.39, 0.29) is 11.5 Å². The van der Waals surface area contributed by atoms with Crippen LogP contribution in [0.2, 0.25) is 0 Å². The number of hydrogen-bond acceptors (Lipinski definition) is 3. The summed E-state index contributed by atoms with van der Waals surface area (Å²) < 4.78 is 11.7. The minimum absolute atomic E-state index is 0.0127. The highest BCUT2D eigenvalue weighted by Crippen LogP contribution is 2.21. The highest BCUT2D eigenvalue weighted by Gasteiger charge is 2.12. The zero-order valence-electron chi connectivity index (χ0n) is 14.5. The molecule has 0 fully saturated rings. The largest absolute Gasteiger partial charge is 0.459 e. The molecule has 2 N–H and O–H groups in total. The van der Waals surface area contributed by atoms with Crippen LogP contribution in [0.4, 0.5) is 0 Å². The van der Waals surface area contributed by atoms with Crippen molar-refractivity contribution >= 4 is 11.0 Å². The van der Waals surface area contributed by atoms with E-state index in [1.165, 1.54) is 0 Å². The highest BCUT2D eigenvalue weighted by molar-refractivity contribution is 5.77. The second-order valence-electron chi connectivity index (χ2n) is 6.77. The van der Waals surface area contributed by atoms with Gasteiger partial charge in [0.25, 0.3) is 0 Å². The van der Waals surface area contributed by atoms with Crippen LogP contribution in [0.5, 0.6) is 0 Å². The van der Waals surface area contributed by atoms with Crippen LogP contribution in [-0.4, -0.2) is 6.10 Å². The maximum Gasteiger partial charge on any atom is 0.134 e. The van der Waals surface area contributed by atoms with Crippen LogP contribution in [-0.2, 0) is 11.3 Å². The van der Waals surface area contributed by atoms with Crippen molar-refractivity contribution in [1.29, 1.82) is 0 Å². The third kappa shape index (κ3) is 5.00. The normalized spacial score (nSPS) is 14.7. The van der Waals surface area contributed by atoms with Crippen molar-refractivity contribution in [3.05, 3.63) is 60.0 Å². The molecule has 1 aromatic heterocycles. The number of allylic oxidation sites excluding steroid dienone is 3. The second kappa shape index (κ2) is 7.51. The molecule has 0 aliphatic heterocycles. The quantitative estimate of drug-likeness (QED) is 0.748. The minimum Gasteiger partial charge on any atom is -0.459 e. The molecule has 2 aromatic rings. The Morgan fingerprint density at radius 3 is 2.70 bits per heavy atom. The van der Waals surface area contributed by atoms with Crippen molar-refractivity contribution in [3.8, 4) is 0 Å². The lowest BCUT2D eigenvalue weighted by molar-refractivity contribution is 0.0592. The summed E-state index contributed by atoms with van der Waals surface area (Å²) >= 11 is 0. The van der Waals surface area contributed by atoms with Gasteiger partial charge in [0.05, 0.1) is 6.10 Å². The number of furan rings is 1. The zero-order chi connectivity index (χ0) is 16.9. The number of benzene rings is 1. The first kappa shape index (κ1) is 17.4. The topological polar surface area (TPSA) is 48.4 Å². The van der Waals surface area contributed by atoms with Gasteiger partial charge < -0.3 is 14.9 Å². The molecule has 3 heteroatoms. The summed E-state index contributed by atoms with van der Waals surface area (Å²) in [7, 11) is 0. The fourth-order valence-corrected chi connectivity index (χ4v) is 2.14. The van der Waals surface area contributed by atoms with Crippen molar-refractivity contribution in [3.63, 3.8) is 0 Å². The lowest BCUT2D eigenvalue weighted by Gasteiger charge is -2.18. The number of ether oxygens (including phenoxy) is 1. The first-order valence-electron chi connectivity index (χ1n) is 8.13. The maximum absolute atomic E-state index is 6.04. The Bertz CT molecular complexity index is 656. The van der Waals surface area contributed by atoms with Crippen molar-refractivity contribution < 1.29 is 9.15 Å². The summed E-state index contributed by atoms with van der Waals surface area (Å²) in [5.74, 6) is 0.850. The van der Waals surface area contributed by atoms with Crippen LogP contribution in [0.3, 0.4) is 0 Å². The summed E-state index contributed by atoms with van der Waals surface area (Å²) in [5, 5.41) is 1.11. The molecule has 0 saturated heterocycles. The second-order valence-corrected chi connectivity index (χ2v) is 6.77. The van der Waals surface area contributed by atoms with Gasteiger partial charge in [0.15, 0.2) is 0 Å². The third-order valence-corrected chi connectivity index (χ3v) is 3.79. The zero-order valence-corrected chi connectivity index (χ0v) is 14.5. The molecule has 3 nitrogen and oxygen atoms in total. The molecule has 1 heterocycles. The summed E-state index contributed by atoms with van der Waals surface area (Å²) in [6.45, 7) is 8.87. The Kier molecular flexibility index (Phi) is 5.67. The predicted molar refractivity (Wildman–Crippen MR) is 95.9 cm³/mol. The molecule has 0 spiro atoms. The maximum atomic E-state index is 6.04. The first-order chi connectivity index (χ1) is 10.9. The lowest BCUT2D eigenvalue weighted by Crippen LogP contribution is -2.16. The van der Waals surface area contributed by atoms with E-state index >= 15 is 0 Å². The summed E-state index contributed by atoms with van der Waals surface area (Å²) in [5.41, 5.74) is 7.79. The Hall–Kier alpha value is -2.00. The van der Waals surface area contributed by atoms with Gasteiger partial charge in [0.1, 0.15) is 18.0 Å². The molecular weight excluding hydrogens is 286 g/mol. The van der Waals surface area contributed by atoms with Crippen molar-refractivity contribution in [2.75, 3.05) is 0 Å². The molecule has 23 heavy (non-hydrogen) atoms. The van der Waals surface area contributed by atoms with E-state index in [1.54, 1.807) is 0 Å². The lowest BCUT2D eigenvalue weighted by atomic mass is 9.92. The molecule has 1 aromatic carbocycles. The molecule has 0 aliphatic carbocycles. The molecule has 2 rings (SSSR count). The van der Waals surface area contributed by atoms with Crippen LogP contribution >= 0.6 is 0 Å². The van der Waals surface area contributed by atoms with E-state index in [4.69, 9.17) is 14.9 Å². The smallest absolute Gasteiger partial charge is 0.134 e. The molecule has 124 valence electrons. The van der Waals surface area contributed by atoms with Crippen molar-refractivity contribution in [2.45, 2.75) is 46.8 Å². The van der Waals surface area contributed by atoms with Gasteiger partial charge in [-0.3, -0.25) is 0 Å². The molecule has 0 radical (unpaired) electrons.